The van der Waals surface area contributed by atoms with Gasteiger partial charge in [0.05, 0.1) is 33.8 Å². The molecule has 2 N–H and O–H groups in total. The summed E-state index contributed by atoms with van der Waals surface area (Å²) < 4.78 is 30.7. The first-order valence-electron chi connectivity index (χ1n) is 31.6. The zero-order valence-corrected chi connectivity index (χ0v) is 51.6. The topological polar surface area (TPSA) is 111 Å². The van der Waals surface area contributed by atoms with E-state index >= 15 is 0 Å². The van der Waals surface area contributed by atoms with Crippen LogP contribution in [0, 0.1) is 0 Å². The number of nitrogens with one attached hydrogen (secondary N) is 1. The first kappa shape index (κ1) is 73.9. The van der Waals surface area contributed by atoms with Crippen molar-refractivity contribution in [2.45, 2.75) is 277 Å². The molecule has 77 heavy (non-hydrogen) atoms. The minimum Gasteiger partial charge on any atom is -0.456 e. The maximum atomic E-state index is 13.5. The molecule has 0 aromatic carbocycles. The molecular formula is C67H120N2O7P+. The number of likely N-dealkylation sites (N-methyl/N-ethyl adjacent to an activating group) is 1. The van der Waals surface area contributed by atoms with E-state index in [0.717, 1.165) is 109 Å². The molecule has 0 fully saturated rings. The number of hydrogen-bond acceptors (Lipinski definition) is 6. The van der Waals surface area contributed by atoms with Gasteiger partial charge in [0, 0.05) is 12.8 Å². The Morgan fingerprint density at radius 2 is 0.792 bits per heavy atom. The van der Waals surface area contributed by atoms with E-state index in [1.807, 2.05) is 33.3 Å². The lowest BCUT2D eigenvalue weighted by molar-refractivity contribution is -0.870. The molecule has 0 saturated carbocycles. The van der Waals surface area contributed by atoms with E-state index in [4.69, 9.17) is 13.8 Å². The molecule has 0 aromatic rings. The number of ether oxygens (including phenoxy) is 1. The van der Waals surface area contributed by atoms with Gasteiger partial charge in [-0.25, -0.2) is 4.57 Å². The number of carbonyl (C=O) groups is 2. The van der Waals surface area contributed by atoms with Gasteiger partial charge in [-0.1, -0.05) is 234 Å². The molecular weight excluding hydrogens is 976 g/mol. The first-order valence-corrected chi connectivity index (χ1v) is 33.1. The van der Waals surface area contributed by atoms with Crippen LogP contribution in [0.1, 0.15) is 265 Å². The van der Waals surface area contributed by atoms with E-state index in [1.165, 1.54) is 109 Å². The van der Waals surface area contributed by atoms with Crippen LogP contribution in [0.3, 0.4) is 0 Å². The Kier molecular flexibility index (Phi) is 54.0. The van der Waals surface area contributed by atoms with Crippen LogP contribution in [0.5, 0.6) is 0 Å². The maximum absolute atomic E-state index is 13.5. The summed E-state index contributed by atoms with van der Waals surface area (Å²) in [6, 6.07) is -0.874. The highest BCUT2D eigenvalue weighted by atomic mass is 31.2. The summed E-state index contributed by atoms with van der Waals surface area (Å²) in [6.07, 6.45) is 75.4. The van der Waals surface area contributed by atoms with E-state index in [9.17, 15) is 19.0 Å². The van der Waals surface area contributed by atoms with Gasteiger partial charge in [-0.2, -0.15) is 0 Å². The number of amides is 1. The largest absolute Gasteiger partial charge is 0.472 e. The van der Waals surface area contributed by atoms with E-state index < -0.39 is 20.0 Å². The second kappa shape index (κ2) is 56.2. The fraction of sp³-hybridized carbons (Fsp3) is 0.731. The summed E-state index contributed by atoms with van der Waals surface area (Å²) >= 11 is 0. The van der Waals surface area contributed by atoms with Crippen LogP contribution in [0.2, 0.25) is 0 Å². The van der Waals surface area contributed by atoms with E-state index in [0.29, 0.717) is 30.3 Å². The zero-order chi connectivity index (χ0) is 56.4. The molecule has 0 aliphatic heterocycles. The van der Waals surface area contributed by atoms with Crippen molar-refractivity contribution in [1.82, 2.24) is 5.32 Å². The van der Waals surface area contributed by atoms with Crippen molar-refractivity contribution in [3.63, 3.8) is 0 Å². The average molecular weight is 1100 g/mol. The average Bonchev–Trinajstić information content (AvgIpc) is 3.39. The van der Waals surface area contributed by atoms with E-state index in [-0.39, 0.29) is 31.5 Å². The number of unbranched alkanes of at least 4 members (excludes halogenated alkanes) is 26. The Hall–Kier alpha value is -3.07. The number of hydrogen-bond donors (Lipinski definition) is 2. The van der Waals surface area contributed by atoms with E-state index in [1.54, 1.807) is 0 Å². The molecule has 0 aliphatic carbocycles. The SMILES string of the molecule is CCCCC/C=C\C/C=C\C/C=C\C/C=C\CCCCCCCC(=O)OC(/C=C/CCCCCCCCCCCCC)C(COP(=O)(O)OCC[N+](C)(C)C)NC(=O)CCCCCC/C=C\C/C=C\C/C=C\CCCCC. The highest BCUT2D eigenvalue weighted by molar-refractivity contribution is 7.47. The molecule has 3 unspecified atom stereocenters. The molecule has 10 heteroatoms. The van der Waals surface area contributed by atoms with Crippen LogP contribution in [0.4, 0.5) is 0 Å². The maximum Gasteiger partial charge on any atom is 0.472 e. The number of esters is 1. The summed E-state index contributed by atoms with van der Waals surface area (Å²) in [5.74, 6) is -0.553. The van der Waals surface area contributed by atoms with Gasteiger partial charge < -0.3 is 19.4 Å². The van der Waals surface area contributed by atoms with Crippen LogP contribution in [-0.4, -0.2) is 74.3 Å². The molecule has 0 rings (SSSR count). The van der Waals surface area contributed by atoms with Crippen molar-refractivity contribution in [2.24, 2.45) is 0 Å². The van der Waals surface area contributed by atoms with Gasteiger partial charge in [0.1, 0.15) is 19.3 Å². The predicted molar refractivity (Wildman–Crippen MR) is 332 cm³/mol. The molecule has 0 spiro atoms. The van der Waals surface area contributed by atoms with Crippen LogP contribution in [-0.2, 0) is 27.9 Å². The number of nitrogens with zero attached hydrogens (tertiary/aromatic N) is 1. The quantitative estimate of drug-likeness (QED) is 0.0205. The Labute approximate surface area is 475 Å². The van der Waals surface area contributed by atoms with Crippen LogP contribution >= 0.6 is 7.82 Å². The Morgan fingerprint density at radius 1 is 0.455 bits per heavy atom. The van der Waals surface area contributed by atoms with Gasteiger partial charge >= 0.3 is 13.8 Å². The second-order valence-electron chi connectivity index (χ2n) is 22.2. The number of rotatable bonds is 56. The van der Waals surface area contributed by atoms with Gasteiger partial charge in [0.25, 0.3) is 0 Å². The summed E-state index contributed by atoms with van der Waals surface area (Å²) in [7, 11) is 1.46. The highest BCUT2D eigenvalue weighted by Crippen LogP contribution is 2.43. The van der Waals surface area contributed by atoms with Gasteiger partial charge in [0.2, 0.25) is 5.91 Å². The van der Waals surface area contributed by atoms with E-state index in [2.05, 4.69) is 111 Å². The molecule has 3 atom stereocenters. The molecule has 1 amide bonds. The number of phosphoric acid groups is 1. The van der Waals surface area contributed by atoms with Gasteiger partial charge in [-0.3, -0.25) is 18.6 Å². The molecule has 0 radical (unpaired) electrons. The normalized spacial score (nSPS) is 14.3. The monoisotopic (exact) mass is 1100 g/mol. The molecule has 444 valence electrons. The van der Waals surface area contributed by atoms with Crippen molar-refractivity contribution in [1.29, 1.82) is 0 Å². The summed E-state index contributed by atoms with van der Waals surface area (Å²) in [5.41, 5.74) is 0. The number of allylic oxidation sites excluding steroid dienone is 15. The fourth-order valence-electron chi connectivity index (χ4n) is 8.58. The van der Waals surface area contributed by atoms with Gasteiger partial charge in [-0.15, -0.1) is 0 Å². The van der Waals surface area contributed by atoms with Gasteiger partial charge in [-0.05, 0) is 115 Å². The van der Waals surface area contributed by atoms with Crippen LogP contribution in [0.15, 0.2) is 97.2 Å². The summed E-state index contributed by atoms with van der Waals surface area (Å²) in [5, 5.41) is 3.04. The lowest BCUT2D eigenvalue weighted by atomic mass is 10.0. The first-order chi connectivity index (χ1) is 37.4. The van der Waals surface area contributed by atoms with Crippen molar-refractivity contribution < 1.29 is 37.3 Å². The summed E-state index contributed by atoms with van der Waals surface area (Å²) in [4.78, 5) is 37.7. The highest BCUT2D eigenvalue weighted by Gasteiger charge is 2.30. The molecule has 0 bridgehead atoms. The molecule has 0 aliphatic rings. The number of phosphoric ester groups is 1. The second-order valence-corrected chi connectivity index (χ2v) is 23.7. The predicted octanol–water partition coefficient (Wildman–Crippen LogP) is 19.6. The molecule has 0 aromatic heterocycles. The van der Waals surface area contributed by atoms with Crippen LogP contribution < -0.4 is 5.32 Å². The lowest BCUT2D eigenvalue weighted by Crippen LogP contribution is -2.47. The third kappa shape index (κ3) is 57.4. The lowest BCUT2D eigenvalue weighted by Gasteiger charge is -2.27. The van der Waals surface area contributed by atoms with Gasteiger partial charge in [0.15, 0.2) is 0 Å². The van der Waals surface area contributed by atoms with Crippen molar-refractivity contribution >= 4 is 19.7 Å². The van der Waals surface area contributed by atoms with Crippen molar-refractivity contribution in [3.05, 3.63) is 97.2 Å². The fourth-order valence-corrected chi connectivity index (χ4v) is 9.31. The van der Waals surface area contributed by atoms with Crippen LogP contribution in [0.25, 0.3) is 0 Å². The summed E-state index contributed by atoms with van der Waals surface area (Å²) in [6.45, 7) is 6.92. The molecule has 0 heterocycles. The molecule has 9 nitrogen and oxygen atoms in total. The number of quaternary nitrogens is 1. The smallest absolute Gasteiger partial charge is 0.456 e. The Bertz CT molecular complexity index is 1640. The third-order valence-corrected chi connectivity index (χ3v) is 14.5. The standard InChI is InChI=1S/C67H119N2O7P/c1-7-10-13-16-19-22-25-28-30-32-33-34-35-37-39-42-45-48-51-54-57-60-67(71)76-65(58-55-52-49-46-43-40-27-24-21-18-15-12-9-3)64(63-75-77(72,73)74-62-61-69(4,5)6)68-66(70)59-56-53-50-47-44-41-38-36-31-29-26-23-20-17-14-11-8-2/h19-20,22-23,28-31,33-34,37-39,41,55,58,64-65H,7-18,21,24-27,32,35-36,40,42-54,56-57,59-63H2,1-6H3,(H-,68,70,72,73)/p+1/b22-19-,23-20-,30-28-,31-29-,34-33-,39-37-,41-38-,58-55+. The molecule has 0 saturated heterocycles. The minimum atomic E-state index is -4.47. The zero-order valence-electron chi connectivity index (χ0n) is 50.7. The Morgan fingerprint density at radius 3 is 1.21 bits per heavy atom. The number of carbonyl (C=O) groups excluding carboxylic acids is 2. The Balaban J connectivity index is 5.36. The third-order valence-electron chi connectivity index (χ3n) is 13.5. The minimum absolute atomic E-state index is 0.0279. The van der Waals surface area contributed by atoms with Crippen molar-refractivity contribution in [2.75, 3.05) is 40.9 Å². The van der Waals surface area contributed by atoms with Crippen molar-refractivity contribution in [3.8, 4) is 0 Å².